The van der Waals surface area contributed by atoms with E-state index in [-0.39, 0.29) is 12.0 Å². The molecule has 16 heavy (non-hydrogen) atoms. The lowest BCUT2D eigenvalue weighted by atomic mass is 9.99. The maximum atomic E-state index is 10.5. The van der Waals surface area contributed by atoms with Gasteiger partial charge in [-0.2, -0.15) is 0 Å². The highest BCUT2D eigenvalue weighted by Gasteiger charge is 2.19. The Hall–Kier alpha value is -1.17. The fourth-order valence-electron chi connectivity index (χ4n) is 1.16. The summed E-state index contributed by atoms with van der Waals surface area (Å²) in [6.45, 7) is 3.84. The topological polar surface area (TPSA) is 75.1 Å². The maximum absolute atomic E-state index is 10.5. The Labute approximate surface area is 102 Å². The van der Waals surface area contributed by atoms with Gasteiger partial charge in [0, 0.05) is 24.4 Å². The Morgan fingerprint density at radius 2 is 2.06 bits per heavy atom. The molecule has 88 valence electrons. The maximum Gasteiger partial charge on any atom is 0.303 e. The molecule has 0 fully saturated rings. The number of nitrogens with one attached hydrogen (secondary N) is 1. The van der Waals surface area contributed by atoms with Crippen molar-refractivity contribution in [1.29, 1.82) is 0 Å². The van der Waals surface area contributed by atoms with Crippen LogP contribution in [0.2, 0.25) is 0 Å². The normalized spacial score (nSPS) is 11.2. The summed E-state index contributed by atoms with van der Waals surface area (Å²) in [7, 11) is 0. The smallest absolute Gasteiger partial charge is 0.303 e. The van der Waals surface area contributed by atoms with Crippen molar-refractivity contribution in [3.8, 4) is 0 Å². The van der Waals surface area contributed by atoms with E-state index >= 15 is 0 Å². The van der Waals surface area contributed by atoms with E-state index in [4.69, 9.17) is 5.11 Å². The fraction of sp³-hybridized carbons (Fsp3) is 0.500. The zero-order chi connectivity index (χ0) is 12.2. The van der Waals surface area contributed by atoms with E-state index in [0.29, 0.717) is 12.4 Å². The molecule has 0 aliphatic heterocycles. The summed E-state index contributed by atoms with van der Waals surface area (Å²) in [6.07, 6.45) is 3.92. The SMILES string of the molecule is CC(C)(CCC(=O)O)Nc1ncc(Br)cn1. The van der Waals surface area contributed by atoms with Crippen LogP contribution in [0.5, 0.6) is 0 Å². The molecule has 2 N–H and O–H groups in total. The van der Waals surface area contributed by atoms with Gasteiger partial charge in [0.25, 0.3) is 0 Å². The predicted octanol–water partition coefficient (Wildman–Crippen LogP) is 2.29. The van der Waals surface area contributed by atoms with E-state index in [2.05, 4.69) is 31.2 Å². The lowest BCUT2D eigenvalue weighted by Crippen LogP contribution is -2.32. The molecule has 1 heterocycles. The number of aliphatic carboxylic acids is 1. The monoisotopic (exact) mass is 287 g/mol. The molecular formula is C10H14BrN3O2. The summed E-state index contributed by atoms with van der Waals surface area (Å²) in [6, 6.07) is 0. The van der Waals surface area contributed by atoms with Crippen LogP contribution in [-0.4, -0.2) is 26.6 Å². The summed E-state index contributed by atoms with van der Waals surface area (Å²) in [5, 5.41) is 11.7. The molecule has 6 heteroatoms. The third-order valence-electron chi connectivity index (χ3n) is 2.03. The van der Waals surface area contributed by atoms with Crippen LogP contribution in [0.25, 0.3) is 0 Å². The molecule has 0 saturated heterocycles. The molecule has 1 aromatic heterocycles. The van der Waals surface area contributed by atoms with Crippen LogP contribution in [-0.2, 0) is 4.79 Å². The fourth-order valence-corrected chi connectivity index (χ4v) is 1.37. The van der Waals surface area contributed by atoms with E-state index in [9.17, 15) is 4.79 Å². The molecule has 1 rings (SSSR count). The first-order valence-corrected chi connectivity index (χ1v) is 5.66. The number of rotatable bonds is 5. The van der Waals surface area contributed by atoms with E-state index in [0.717, 1.165) is 4.47 Å². The minimum Gasteiger partial charge on any atom is -0.481 e. The van der Waals surface area contributed by atoms with E-state index in [1.54, 1.807) is 12.4 Å². The third-order valence-corrected chi connectivity index (χ3v) is 2.44. The summed E-state index contributed by atoms with van der Waals surface area (Å²) in [5.41, 5.74) is -0.341. The number of anilines is 1. The average molecular weight is 288 g/mol. The Balaban J connectivity index is 2.57. The molecule has 0 radical (unpaired) electrons. The molecular weight excluding hydrogens is 274 g/mol. The van der Waals surface area contributed by atoms with Crippen molar-refractivity contribution in [2.24, 2.45) is 0 Å². The molecule has 0 aliphatic rings. The van der Waals surface area contributed by atoms with Crippen molar-refractivity contribution in [3.63, 3.8) is 0 Å². The second kappa shape index (κ2) is 5.25. The van der Waals surface area contributed by atoms with Crippen LogP contribution in [0.4, 0.5) is 5.95 Å². The molecule has 0 saturated carbocycles. The summed E-state index contributed by atoms with van der Waals surface area (Å²) in [5.74, 6) is -0.301. The Bertz CT molecular complexity index is 365. The Morgan fingerprint density at radius 1 is 1.50 bits per heavy atom. The molecule has 0 aliphatic carbocycles. The Morgan fingerprint density at radius 3 is 2.56 bits per heavy atom. The molecule has 0 spiro atoms. The Kier molecular flexibility index (Phi) is 4.23. The van der Waals surface area contributed by atoms with Crippen molar-refractivity contribution in [3.05, 3.63) is 16.9 Å². The number of hydrogen-bond donors (Lipinski definition) is 2. The quantitative estimate of drug-likeness (QED) is 0.869. The number of carbonyl (C=O) groups is 1. The van der Waals surface area contributed by atoms with Gasteiger partial charge in [-0.25, -0.2) is 9.97 Å². The number of nitrogens with zero attached hydrogens (tertiary/aromatic N) is 2. The zero-order valence-electron chi connectivity index (χ0n) is 9.20. The molecule has 5 nitrogen and oxygen atoms in total. The van der Waals surface area contributed by atoms with Gasteiger partial charge < -0.3 is 10.4 Å². The molecule has 0 atom stereocenters. The second-order valence-corrected chi connectivity index (χ2v) is 5.04. The van der Waals surface area contributed by atoms with Crippen LogP contribution >= 0.6 is 15.9 Å². The summed E-state index contributed by atoms with van der Waals surface area (Å²) >= 11 is 3.24. The van der Waals surface area contributed by atoms with E-state index in [1.807, 2.05) is 13.8 Å². The largest absolute Gasteiger partial charge is 0.481 e. The van der Waals surface area contributed by atoms with Gasteiger partial charge in [-0.1, -0.05) is 0 Å². The van der Waals surface area contributed by atoms with Crippen LogP contribution in [0, 0.1) is 0 Å². The number of aromatic nitrogens is 2. The number of carboxylic acids is 1. The highest BCUT2D eigenvalue weighted by Crippen LogP contribution is 2.17. The van der Waals surface area contributed by atoms with Gasteiger partial charge in [0.2, 0.25) is 5.95 Å². The predicted molar refractivity (Wildman–Crippen MR) is 64.3 cm³/mol. The molecule has 1 aromatic rings. The molecule has 0 bridgehead atoms. The highest BCUT2D eigenvalue weighted by molar-refractivity contribution is 9.10. The minimum atomic E-state index is -0.799. The van der Waals surface area contributed by atoms with Crippen molar-refractivity contribution in [1.82, 2.24) is 9.97 Å². The van der Waals surface area contributed by atoms with Gasteiger partial charge in [-0.05, 0) is 36.2 Å². The summed E-state index contributed by atoms with van der Waals surface area (Å²) < 4.78 is 0.807. The van der Waals surface area contributed by atoms with E-state index < -0.39 is 5.97 Å². The van der Waals surface area contributed by atoms with Gasteiger partial charge in [0.1, 0.15) is 0 Å². The number of carboxylic acid groups (broad SMARTS) is 1. The van der Waals surface area contributed by atoms with Crippen molar-refractivity contribution in [2.45, 2.75) is 32.2 Å². The van der Waals surface area contributed by atoms with Crippen LogP contribution in [0.1, 0.15) is 26.7 Å². The van der Waals surface area contributed by atoms with Gasteiger partial charge >= 0.3 is 5.97 Å². The summed E-state index contributed by atoms with van der Waals surface area (Å²) in [4.78, 5) is 18.6. The first kappa shape index (κ1) is 12.9. The van der Waals surface area contributed by atoms with Gasteiger partial charge in [-0.15, -0.1) is 0 Å². The highest BCUT2D eigenvalue weighted by atomic mass is 79.9. The van der Waals surface area contributed by atoms with Crippen LogP contribution in [0.3, 0.4) is 0 Å². The lowest BCUT2D eigenvalue weighted by Gasteiger charge is -2.25. The average Bonchev–Trinajstić information content (AvgIpc) is 2.19. The molecule has 0 unspecified atom stereocenters. The lowest BCUT2D eigenvalue weighted by molar-refractivity contribution is -0.137. The molecule has 0 amide bonds. The number of hydrogen-bond acceptors (Lipinski definition) is 4. The van der Waals surface area contributed by atoms with Crippen molar-refractivity contribution >= 4 is 27.8 Å². The second-order valence-electron chi connectivity index (χ2n) is 4.13. The minimum absolute atomic E-state index is 0.122. The van der Waals surface area contributed by atoms with Crippen LogP contribution in [0.15, 0.2) is 16.9 Å². The van der Waals surface area contributed by atoms with Crippen molar-refractivity contribution < 1.29 is 9.90 Å². The first-order chi connectivity index (χ1) is 7.39. The number of halogens is 1. The van der Waals surface area contributed by atoms with Gasteiger partial charge in [-0.3, -0.25) is 4.79 Å². The molecule has 0 aromatic carbocycles. The van der Waals surface area contributed by atoms with Crippen LogP contribution < -0.4 is 5.32 Å². The van der Waals surface area contributed by atoms with Gasteiger partial charge in [0.05, 0.1) is 4.47 Å². The third kappa shape index (κ3) is 4.57. The zero-order valence-corrected chi connectivity index (χ0v) is 10.8. The van der Waals surface area contributed by atoms with E-state index in [1.165, 1.54) is 0 Å². The van der Waals surface area contributed by atoms with Gasteiger partial charge in [0.15, 0.2) is 0 Å². The standard InChI is InChI=1S/C10H14BrN3O2/c1-10(2,4-3-8(15)16)14-9-12-5-7(11)6-13-9/h5-6H,3-4H2,1-2H3,(H,15,16)(H,12,13,14). The first-order valence-electron chi connectivity index (χ1n) is 4.86. The van der Waals surface area contributed by atoms with Crippen molar-refractivity contribution in [2.75, 3.05) is 5.32 Å².